The first-order chi connectivity index (χ1) is 9.88. The lowest BCUT2D eigenvalue weighted by atomic mass is 10.0. The number of amides is 1. The Bertz CT molecular complexity index is 714. The Labute approximate surface area is 125 Å². The number of carboxylic acid groups (broad SMARTS) is 1. The molecule has 108 valence electrons. The smallest absolute Gasteiger partial charge is 0.336 e. The molecule has 6 nitrogen and oxygen atoms in total. The minimum absolute atomic E-state index is 0.0921. The van der Waals surface area contributed by atoms with Crippen molar-refractivity contribution in [3.63, 3.8) is 0 Å². The van der Waals surface area contributed by atoms with Gasteiger partial charge in [-0.05, 0) is 49.2 Å². The molecule has 0 saturated carbocycles. The first-order valence-corrected chi connectivity index (χ1v) is 6.41. The summed E-state index contributed by atoms with van der Waals surface area (Å²) >= 11 is 5.60. The van der Waals surface area contributed by atoms with Gasteiger partial charge in [-0.15, -0.1) is 10.2 Å². The number of carbonyl (C=O) groups excluding carboxylic acids is 1. The Hall–Kier alpha value is -2.47. The highest BCUT2D eigenvalue weighted by Crippen LogP contribution is 2.20. The first kappa shape index (κ1) is 14.9. The van der Waals surface area contributed by atoms with Crippen molar-refractivity contribution in [3.05, 3.63) is 51.8 Å². The number of rotatable bonds is 3. The van der Waals surface area contributed by atoms with Gasteiger partial charge >= 0.3 is 5.97 Å². The summed E-state index contributed by atoms with van der Waals surface area (Å²) in [6, 6.07) is 5.99. The molecular weight excluding hydrogens is 294 g/mol. The predicted molar refractivity (Wildman–Crippen MR) is 77.9 cm³/mol. The van der Waals surface area contributed by atoms with Crippen molar-refractivity contribution >= 4 is 29.2 Å². The zero-order valence-electron chi connectivity index (χ0n) is 11.3. The topological polar surface area (TPSA) is 92.2 Å². The van der Waals surface area contributed by atoms with Gasteiger partial charge in [-0.25, -0.2) is 4.79 Å². The van der Waals surface area contributed by atoms with Gasteiger partial charge in [0.05, 0.1) is 5.56 Å². The molecule has 2 N–H and O–H groups in total. The molecule has 1 amide bonds. The van der Waals surface area contributed by atoms with Crippen molar-refractivity contribution in [2.45, 2.75) is 13.8 Å². The fraction of sp³-hybridized carbons (Fsp3) is 0.143. The van der Waals surface area contributed by atoms with E-state index in [1.165, 1.54) is 18.2 Å². The molecule has 0 radical (unpaired) electrons. The minimum Gasteiger partial charge on any atom is -0.478 e. The molecule has 1 heterocycles. The second-order valence-electron chi connectivity index (χ2n) is 4.47. The van der Waals surface area contributed by atoms with Crippen molar-refractivity contribution in [3.8, 4) is 0 Å². The second kappa shape index (κ2) is 5.88. The summed E-state index contributed by atoms with van der Waals surface area (Å²) in [6.07, 6.45) is 0. The Morgan fingerprint density at radius 2 is 1.90 bits per heavy atom. The fourth-order valence-corrected chi connectivity index (χ4v) is 1.89. The Morgan fingerprint density at radius 3 is 2.48 bits per heavy atom. The van der Waals surface area contributed by atoms with Gasteiger partial charge in [0.15, 0.2) is 10.8 Å². The first-order valence-electron chi connectivity index (χ1n) is 6.03. The molecule has 0 atom stereocenters. The lowest BCUT2D eigenvalue weighted by Gasteiger charge is -2.10. The number of hydrogen-bond acceptors (Lipinski definition) is 4. The number of aromatic nitrogens is 2. The van der Waals surface area contributed by atoms with Crippen LogP contribution in [0, 0.1) is 13.8 Å². The third-order valence-corrected chi connectivity index (χ3v) is 3.22. The summed E-state index contributed by atoms with van der Waals surface area (Å²) in [6.45, 7) is 3.49. The van der Waals surface area contributed by atoms with Crippen LogP contribution in [0.1, 0.15) is 32.0 Å². The van der Waals surface area contributed by atoms with Crippen molar-refractivity contribution in [2.75, 3.05) is 5.32 Å². The van der Waals surface area contributed by atoms with E-state index in [1.807, 2.05) is 0 Å². The predicted octanol–water partition coefficient (Wildman–Crippen LogP) is 2.70. The number of carboxylic acids is 1. The maximum absolute atomic E-state index is 12.0. The number of benzene rings is 1. The molecule has 1 aromatic heterocycles. The van der Waals surface area contributed by atoms with Crippen LogP contribution in [-0.4, -0.2) is 27.2 Å². The third kappa shape index (κ3) is 3.35. The summed E-state index contributed by atoms with van der Waals surface area (Å²) in [4.78, 5) is 23.2. The molecule has 2 aromatic rings. The van der Waals surface area contributed by atoms with Crippen molar-refractivity contribution in [2.24, 2.45) is 0 Å². The Balaban J connectivity index is 2.29. The lowest BCUT2D eigenvalue weighted by Crippen LogP contribution is -2.15. The van der Waals surface area contributed by atoms with Crippen LogP contribution in [0.25, 0.3) is 0 Å². The summed E-state index contributed by atoms with van der Waals surface area (Å²) in [5.41, 5.74) is 2.05. The third-order valence-electron chi connectivity index (χ3n) is 3.02. The van der Waals surface area contributed by atoms with Gasteiger partial charge in [0.25, 0.3) is 5.91 Å². The Kier molecular flexibility index (Phi) is 4.18. The van der Waals surface area contributed by atoms with E-state index in [0.29, 0.717) is 11.3 Å². The molecular formula is C14H12ClN3O3. The molecule has 21 heavy (non-hydrogen) atoms. The van der Waals surface area contributed by atoms with Crippen molar-refractivity contribution in [1.29, 1.82) is 0 Å². The maximum Gasteiger partial charge on any atom is 0.336 e. The minimum atomic E-state index is -1.04. The van der Waals surface area contributed by atoms with Gasteiger partial charge in [0, 0.05) is 5.69 Å². The summed E-state index contributed by atoms with van der Waals surface area (Å²) < 4.78 is 0. The molecule has 2 rings (SSSR count). The number of anilines is 1. The SMILES string of the molecule is Cc1cc(NC(=O)c2ccc(Cl)nn2)cc(C(=O)O)c1C. The summed E-state index contributed by atoms with van der Waals surface area (Å²) in [5.74, 6) is -1.53. The average Bonchev–Trinajstić information content (AvgIpc) is 2.43. The van der Waals surface area contributed by atoms with E-state index in [-0.39, 0.29) is 16.4 Å². The van der Waals surface area contributed by atoms with Crippen LogP contribution < -0.4 is 5.32 Å². The molecule has 7 heteroatoms. The van der Waals surface area contributed by atoms with E-state index < -0.39 is 11.9 Å². The highest BCUT2D eigenvalue weighted by atomic mass is 35.5. The van der Waals surface area contributed by atoms with Crippen molar-refractivity contribution < 1.29 is 14.7 Å². The molecule has 1 aromatic carbocycles. The van der Waals surface area contributed by atoms with Gasteiger partial charge in [0.1, 0.15) is 0 Å². The van der Waals surface area contributed by atoms with Crippen LogP contribution in [-0.2, 0) is 0 Å². The molecule has 0 bridgehead atoms. The number of nitrogens with one attached hydrogen (secondary N) is 1. The normalized spacial score (nSPS) is 10.2. The number of hydrogen-bond donors (Lipinski definition) is 2. The molecule has 0 aliphatic carbocycles. The number of aromatic carboxylic acids is 1. The van der Waals surface area contributed by atoms with Crippen molar-refractivity contribution in [1.82, 2.24) is 10.2 Å². The zero-order valence-corrected chi connectivity index (χ0v) is 12.1. The van der Waals surface area contributed by atoms with E-state index in [4.69, 9.17) is 16.7 Å². The quantitative estimate of drug-likeness (QED) is 0.909. The Morgan fingerprint density at radius 1 is 1.19 bits per heavy atom. The molecule has 0 spiro atoms. The molecule has 0 aliphatic rings. The molecule has 0 saturated heterocycles. The van der Waals surface area contributed by atoms with Gasteiger partial charge in [-0.2, -0.15) is 0 Å². The van der Waals surface area contributed by atoms with Crippen LogP contribution in [0.4, 0.5) is 5.69 Å². The summed E-state index contributed by atoms with van der Waals surface area (Å²) in [5, 5.41) is 19.2. The largest absolute Gasteiger partial charge is 0.478 e. The van der Waals surface area contributed by atoms with E-state index in [0.717, 1.165) is 5.56 Å². The van der Waals surface area contributed by atoms with Crippen LogP contribution in [0.15, 0.2) is 24.3 Å². The number of aryl methyl sites for hydroxylation is 1. The van der Waals surface area contributed by atoms with Crippen LogP contribution in [0.5, 0.6) is 0 Å². The van der Waals surface area contributed by atoms with E-state index in [2.05, 4.69) is 15.5 Å². The highest BCUT2D eigenvalue weighted by molar-refractivity contribution is 6.29. The van der Waals surface area contributed by atoms with Crippen LogP contribution in [0.2, 0.25) is 5.15 Å². The lowest BCUT2D eigenvalue weighted by molar-refractivity contribution is 0.0695. The second-order valence-corrected chi connectivity index (χ2v) is 4.85. The highest BCUT2D eigenvalue weighted by Gasteiger charge is 2.14. The summed E-state index contributed by atoms with van der Waals surface area (Å²) in [7, 11) is 0. The van der Waals surface area contributed by atoms with E-state index in [1.54, 1.807) is 19.9 Å². The molecule has 0 aliphatic heterocycles. The van der Waals surface area contributed by atoms with E-state index >= 15 is 0 Å². The molecule has 0 fully saturated rings. The number of carbonyl (C=O) groups is 2. The monoisotopic (exact) mass is 305 g/mol. The fourth-order valence-electron chi connectivity index (χ4n) is 1.79. The van der Waals surface area contributed by atoms with Gasteiger partial charge in [0.2, 0.25) is 0 Å². The molecule has 0 unspecified atom stereocenters. The number of nitrogens with zero attached hydrogens (tertiary/aromatic N) is 2. The van der Waals surface area contributed by atoms with E-state index in [9.17, 15) is 9.59 Å². The standard InChI is InChI=1S/C14H12ClN3O3/c1-7-5-9(6-10(8(7)2)14(20)21)16-13(19)11-3-4-12(15)18-17-11/h3-6H,1-2H3,(H,16,19)(H,20,21). The van der Waals surface area contributed by atoms with Gasteiger partial charge < -0.3 is 10.4 Å². The van der Waals surface area contributed by atoms with Crippen LogP contribution >= 0.6 is 11.6 Å². The van der Waals surface area contributed by atoms with Gasteiger partial charge in [-0.3, -0.25) is 4.79 Å². The average molecular weight is 306 g/mol. The zero-order chi connectivity index (χ0) is 15.6. The van der Waals surface area contributed by atoms with Crippen LogP contribution in [0.3, 0.4) is 0 Å². The maximum atomic E-state index is 12.0. The van der Waals surface area contributed by atoms with Gasteiger partial charge in [-0.1, -0.05) is 11.6 Å². The number of halogens is 1.